The van der Waals surface area contributed by atoms with Gasteiger partial charge in [-0.25, -0.2) is 13.1 Å². The number of aldehydes is 1. The van der Waals surface area contributed by atoms with Crippen LogP contribution in [0.1, 0.15) is 20.7 Å². The molecule has 5 rings (SSSR count). The van der Waals surface area contributed by atoms with Crippen LogP contribution in [-0.2, 0) is 10.0 Å². The Bertz CT molecular complexity index is 1890. The summed E-state index contributed by atoms with van der Waals surface area (Å²) in [4.78, 5) is 35.8. The first-order valence-corrected chi connectivity index (χ1v) is 15.9. The van der Waals surface area contributed by atoms with E-state index in [4.69, 9.17) is 0 Å². The summed E-state index contributed by atoms with van der Waals surface area (Å²) in [6, 6.07) is 25.2. The largest absolute Gasteiger partial charge is 0.379 e. The van der Waals surface area contributed by atoms with E-state index in [1.165, 1.54) is 35.6 Å². The smallest absolute Gasteiger partial charge is 0.293 e. The topological polar surface area (TPSA) is 135 Å². The summed E-state index contributed by atoms with van der Waals surface area (Å²) in [5.41, 5.74) is 2.07. The molecule has 4 aromatic carbocycles. The van der Waals surface area contributed by atoms with Crippen LogP contribution in [0.3, 0.4) is 0 Å². The summed E-state index contributed by atoms with van der Waals surface area (Å²) in [6.45, 7) is 0.415. The third-order valence-corrected chi connectivity index (χ3v) is 9.67. The summed E-state index contributed by atoms with van der Waals surface area (Å²) in [5.74, 6) is -0.237. The Kier molecular flexibility index (Phi) is 8.67. The SMILES string of the molecule is O=Cc1csc2ccc(-c3ccc(C(=O)NS(=O)(=O)c4ccc(NCCSc5ccccc5)c([N+](=O)[O-])c4)cc3)cc12. The summed E-state index contributed by atoms with van der Waals surface area (Å²) in [5, 5.41) is 17.3. The maximum Gasteiger partial charge on any atom is 0.293 e. The second-order valence-electron chi connectivity index (χ2n) is 9.06. The number of anilines is 1. The highest BCUT2D eigenvalue weighted by Gasteiger charge is 2.24. The molecular formula is C30H23N3O6S3. The average molecular weight is 618 g/mol. The number of fused-ring (bicyclic) bond motifs is 1. The van der Waals surface area contributed by atoms with Gasteiger partial charge < -0.3 is 5.32 Å². The Morgan fingerprint density at radius 2 is 1.69 bits per heavy atom. The zero-order valence-corrected chi connectivity index (χ0v) is 24.3. The fraction of sp³-hybridized carbons (Fsp3) is 0.0667. The molecule has 0 aliphatic heterocycles. The van der Waals surface area contributed by atoms with E-state index in [2.05, 4.69) is 5.32 Å². The Balaban J connectivity index is 1.26. The van der Waals surface area contributed by atoms with Gasteiger partial charge in [-0.3, -0.25) is 19.7 Å². The van der Waals surface area contributed by atoms with Crippen molar-refractivity contribution in [2.45, 2.75) is 9.79 Å². The Labute approximate surface area is 249 Å². The van der Waals surface area contributed by atoms with E-state index < -0.39 is 31.4 Å². The van der Waals surface area contributed by atoms with Gasteiger partial charge in [0, 0.05) is 49.9 Å². The van der Waals surface area contributed by atoms with Crippen LogP contribution < -0.4 is 10.0 Å². The van der Waals surface area contributed by atoms with Gasteiger partial charge in [0.15, 0.2) is 6.29 Å². The van der Waals surface area contributed by atoms with Crippen molar-refractivity contribution < 1.29 is 22.9 Å². The maximum absolute atomic E-state index is 13.0. The number of nitrogens with zero attached hydrogens (tertiary/aromatic N) is 1. The quantitative estimate of drug-likeness (QED) is 0.0556. The number of hydrogen-bond acceptors (Lipinski definition) is 9. The van der Waals surface area contributed by atoms with Crippen molar-refractivity contribution in [3.05, 3.63) is 118 Å². The van der Waals surface area contributed by atoms with Crippen molar-refractivity contribution >= 4 is 66.8 Å². The van der Waals surface area contributed by atoms with Gasteiger partial charge in [0.25, 0.3) is 21.6 Å². The van der Waals surface area contributed by atoms with E-state index in [1.807, 2.05) is 53.3 Å². The van der Waals surface area contributed by atoms with Crippen molar-refractivity contribution in [2.24, 2.45) is 0 Å². The Morgan fingerprint density at radius 1 is 0.952 bits per heavy atom. The van der Waals surface area contributed by atoms with Gasteiger partial charge in [-0.1, -0.05) is 36.4 Å². The molecule has 0 bridgehead atoms. The number of benzene rings is 4. The minimum atomic E-state index is -4.40. The molecule has 0 atom stereocenters. The molecule has 0 saturated carbocycles. The summed E-state index contributed by atoms with van der Waals surface area (Å²) in [7, 11) is -4.40. The maximum atomic E-state index is 13.0. The van der Waals surface area contributed by atoms with Crippen molar-refractivity contribution in [2.75, 3.05) is 17.6 Å². The zero-order valence-electron chi connectivity index (χ0n) is 21.9. The molecule has 5 aromatic rings. The first-order valence-electron chi connectivity index (χ1n) is 12.6. The molecule has 2 N–H and O–H groups in total. The third-order valence-electron chi connectivity index (χ3n) is 6.34. The number of amides is 1. The lowest BCUT2D eigenvalue weighted by molar-refractivity contribution is -0.384. The van der Waals surface area contributed by atoms with E-state index >= 15 is 0 Å². The lowest BCUT2D eigenvalue weighted by Gasteiger charge is -2.11. The molecule has 0 fully saturated rings. The third kappa shape index (κ3) is 6.51. The van der Waals surface area contributed by atoms with Gasteiger partial charge in [-0.05, 0) is 59.7 Å². The molecule has 212 valence electrons. The minimum Gasteiger partial charge on any atom is -0.379 e. The molecule has 1 heterocycles. The molecular weight excluding hydrogens is 595 g/mol. The van der Waals surface area contributed by atoms with Crippen LogP contribution in [0.2, 0.25) is 0 Å². The molecule has 12 heteroatoms. The van der Waals surface area contributed by atoms with Crippen molar-refractivity contribution in [3.63, 3.8) is 0 Å². The molecule has 0 aliphatic rings. The van der Waals surface area contributed by atoms with E-state index in [0.717, 1.165) is 38.5 Å². The van der Waals surface area contributed by atoms with Crippen molar-refractivity contribution in [1.82, 2.24) is 4.72 Å². The van der Waals surface area contributed by atoms with Crippen LogP contribution >= 0.6 is 23.1 Å². The van der Waals surface area contributed by atoms with Gasteiger partial charge in [-0.2, -0.15) is 0 Å². The van der Waals surface area contributed by atoms with Crippen LogP contribution in [-0.4, -0.2) is 37.8 Å². The Morgan fingerprint density at radius 3 is 2.40 bits per heavy atom. The Hall–Kier alpha value is -4.52. The first kappa shape index (κ1) is 29.0. The number of nitro groups is 1. The number of carbonyl (C=O) groups is 2. The summed E-state index contributed by atoms with van der Waals surface area (Å²) in [6.07, 6.45) is 0.807. The van der Waals surface area contributed by atoms with Crippen molar-refractivity contribution in [3.8, 4) is 11.1 Å². The number of sulfonamides is 1. The molecule has 0 spiro atoms. The molecule has 9 nitrogen and oxygen atoms in total. The van der Waals surface area contributed by atoms with Gasteiger partial charge in [0.2, 0.25) is 0 Å². The second-order valence-corrected chi connectivity index (χ2v) is 12.8. The predicted octanol–water partition coefficient (Wildman–Crippen LogP) is 6.61. The van der Waals surface area contributed by atoms with Crippen LogP contribution in [0.25, 0.3) is 21.2 Å². The highest BCUT2D eigenvalue weighted by molar-refractivity contribution is 7.99. The number of carbonyl (C=O) groups excluding carboxylic acids is 2. The fourth-order valence-electron chi connectivity index (χ4n) is 4.22. The highest BCUT2D eigenvalue weighted by Crippen LogP contribution is 2.31. The lowest BCUT2D eigenvalue weighted by atomic mass is 10.0. The highest BCUT2D eigenvalue weighted by atomic mass is 32.2. The number of nitro benzene ring substituents is 1. The van der Waals surface area contributed by atoms with E-state index in [-0.39, 0.29) is 11.3 Å². The summed E-state index contributed by atoms with van der Waals surface area (Å²) >= 11 is 3.06. The summed E-state index contributed by atoms with van der Waals surface area (Å²) < 4.78 is 28.9. The van der Waals surface area contributed by atoms with Gasteiger partial charge in [0.1, 0.15) is 5.69 Å². The zero-order chi connectivity index (χ0) is 29.7. The number of nitrogens with one attached hydrogen (secondary N) is 2. The number of rotatable bonds is 11. The minimum absolute atomic E-state index is 0.0937. The van der Waals surface area contributed by atoms with Crippen molar-refractivity contribution in [1.29, 1.82) is 0 Å². The number of thiophene rings is 1. The normalized spacial score (nSPS) is 11.2. The fourth-order valence-corrected chi connectivity index (χ4v) is 6.89. The monoisotopic (exact) mass is 617 g/mol. The van der Waals surface area contributed by atoms with Crippen LogP contribution in [0.5, 0.6) is 0 Å². The molecule has 1 aromatic heterocycles. The number of thioether (sulfide) groups is 1. The standard InChI is InChI=1S/C30H23N3O6S3/c34-18-23-19-41-29-13-10-22(16-26(23)29)20-6-8-21(9-7-20)30(35)32-42(38,39)25-11-12-27(28(17-25)33(36)37)31-14-15-40-24-4-2-1-3-5-24/h1-13,16-19,31H,14-15H2,(H,32,35). The van der Waals surface area contributed by atoms with Crippen LogP contribution in [0.15, 0.2) is 106 Å². The molecule has 1 amide bonds. The number of hydrogen-bond donors (Lipinski definition) is 2. The first-order chi connectivity index (χ1) is 20.2. The molecule has 0 radical (unpaired) electrons. The molecule has 0 aliphatic carbocycles. The van der Waals surface area contributed by atoms with E-state index in [1.54, 1.807) is 29.3 Å². The van der Waals surface area contributed by atoms with E-state index in [9.17, 15) is 28.1 Å². The van der Waals surface area contributed by atoms with Gasteiger partial charge in [-0.15, -0.1) is 23.1 Å². The predicted molar refractivity (Wildman–Crippen MR) is 166 cm³/mol. The van der Waals surface area contributed by atoms with E-state index in [0.29, 0.717) is 17.9 Å². The van der Waals surface area contributed by atoms with Gasteiger partial charge in [0.05, 0.1) is 9.82 Å². The van der Waals surface area contributed by atoms with Gasteiger partial charge >= 0.3 is 0 Å². The second kappa shape index (κ2) is 12.6. The average Bonchev–Trinajstić information content (AvgIpc) is 3.42. The molecule has 42 heavy (non-hydrogen) atoms. The molecule has 0 unspecified atom stereocenters. The lowest BCUT2D eigenvalue weighted by Crippen LogP contribution is -2.30. The van der Waals surface area contributed by atoms with Crippen LogP contribution in [0.4, 0.5) is 11.4 Å². The van der Waals surface area contributed by atoms with Crippen LogP contribution in [0, 0.1) is 10.1 Å². The molecule has 0 saturated heterocycles.